The average molecular weight is 510 g/mol. The highest BCUT2D eigenvalue weighted by Gasteiger charge is 2.42. The molecule has 2 aliphatic rings. The molecule has 37 heavy (non-hydrogen) atoms. The number of esters is 1. The Balaban J connectivity index is 1.35. The van der Waals surface area contributed by atoms with Gasteiger partial charge in [-0.3, -0.25) is 9.69 Å². The molecule has 1 fully saturated rings. The highest BCUT2D eigenvalue weighted by atomic mass is 16.6. The van der Waals surface area contributed by atoms with Crippen LogP contribution in [0.3, 0.4) is 0 Å². The van der Waals surface area contributed by atoms with Crippen molar-refractivity contribution >= 4 is 24.1 Å². The lowest BCUT2D eigenvalue weighted by molar-refractivity contribution is -0.153. The monoisotopic (exact) mass is 509 g/mol. The Morgan fingerprint density at radius 3 is 2.16 bits per heavy atom. The first-order chi connectivity index (χ1) is 17.5. The second kappa shape index (κ2) is 10.5. The summed E-state index contributed by atoms with van der Waals surface area (Å²) in [5.41, 5.74) is 3.59. The van der Waals surface area contributed by atoms with E-state index in [1.165, 1.54) is 0 Å². The first kappa shape index (κ1) is 26.0. The van der Waals surface area contributed by atoms with E-state index in [1.54, 1.807) is 20.8 Å². The quantitative estimate of drug-likeness (QED) is 0.510. The molecule has 3 N–H and O–H groups in total. The van der Waals surface area contributed by atoms with E-state index in [-0.39, 0.29) is 32.0 Å². The second-order valence-corrected chi connectivity index (χ2v) is 10.2. The van der Waals surface area contributed by atoms with Gasteiger partial charge in [0.2, 0.25) is 0 Å². The van der Waals surface area contributed by atoms with Crippen LogP contribution >= 0.6 is 0 Å². The summed E-state index contributed by atoms with van der Waals surface area (Å²) in [5, 5.41) is 14.7. The Morgan fingerprint density at radius 1 is 1.00 bits per heavy atom. The molecule has 0 saturated carbocycles. The topological polar surface area (TPSA) is 134 Å². The molecule has 2 atom stereocenters. The van der Waals surface area contributed by atoms with Gasteiger partial charge in [0.05, 0.1) is 6.04 Å². The second-order valence-electron chi connectivity index (χ2n) is 10.2. The number of carboxylic acid groups (broad SMARTS) is 1. The van der Waals surface area contributed by atoms with Gasteiger partial charge in [0, 0.05) is 18.9 Å². The minimum absolute atomic E-state index is 0.0133. The standard InChI is InChI=1S/C27H31N3O7/c1-27(2,3)37-23(31)13-28-25(34)29-16-12-22(24(32)33)30(14-16)26(35)36-15-21-19-10-6-4-8-17(19)18-9-5-7-11-20(18)21/h4-11,16,21-22H,12-15H2,1-3H3,(H,32,33)(H2,28,29,34)/t16-,22+/m1/s1. The van der Waals surface area contributed by atoms with Crippen molar-refractivity contribution in [2.24, 2.45) is 0 Å². The molecule has 0 aromatic heterocycles. The van der Waals surface area contributed by atoms with Gasteiger partial charge < -0.3 is 25.2 Å². The molecule has 1 aliphatic carbocycles. The fourth-order valence-corrected chi connectivity index (χ4v) is 4.82. The molecule has 2 aromatic carbocycles. The van der Waals surface area contributed by atoms with Crippen LogP contribution in [0.2, 0.25) is 0 Å². The minimum Gasteiger partial charge on any atom is -0.480 e. The van der Waals surface area contributed by atoms with E-state index in [2.05, 4.69) is 10.6 Å². The highest BCUT2D eigenvalue weighted by Crippen LogP contribution is 2.44. The lowest BCUT2D eigenvalue weighted by Crippen LogP contribution is -2.46. The number of carbonyl (C=O) groups excluding carboxylic acids is 3. The number of hydrogen-bond donors (Lipinski definition) is 3. The molecule has 196 valence electrons. The van der Waals surface area contributed by atoms with Gasteiger partial charge in [-0.2, -0.15) is 0 Å². The molecule has 0 unspecified atom stereocenters. The molecule has 1 aliphatic heterocycles. The van der Waals surface area contributed by atoms with Crippen LogP contribution in [0.15, 0.2) is 48.5 Å². The third kappa shape index (κ3) is 6.02. The van der Waals surface area contributed by atoms with E-state index in [0.29, 0.717) is 0 Å². The van der Waals surface area contributed by atoms with Crippen LogP contribution in [0.1, 0.15) is 44.2 Å². The highest BCUT2D eigenvalue weighted by molar-refractivity contribution is 5.83. The van der Waals surface area contributed by atoms with Crippen molar-refractivity contribution in [2.75, 3.05) is 19.7 Å². The molecule has 4 rings (SSSR count). The summed E-state index contributed by atoms with van der Waals surface area (Å²) < 4.78 is 10.8. The summed E-state index contributed by atoms with van der Waals surface area (Å²) in [4.78, 5) is 50.0. The van der Waals surface area contributed by atoms with Crippen molar-refractivity contribution < 1.29 is 33.8 Å². The fraction of sp³-hybridized carbons (Fsp3) is 0.407. The van der Waals surface area contributed by atoms with Crippen molar-refractivity contribution in [3.05, 3.63) is 59.7 Å². The first-order valence-corrected chi connectivity index (χ1v) is 12.1. The van der Waals surface area contributed by atoms with Crippen molar-refractivity contribution in [3.63, 3.8) is 0 Å². The van der Waals surface area contributed by atoms with Crippen LogP contribution in [0, 0.1) is 0 Å². The molecule has 10 nitrogen and oxygen atoms in total. The number of benzene rings is 2. The van der Waals surface area contributed by atoms with Crippen LogP contribution in [0.25, 0.3) is 11.1 Å². The molecular weight excluding hydrogens is 478 g/mol. The number of aliphatic carboxylic acids is 1. The Hall–Kier alpha value is -4.08. The Bertz CT molecular complexity index is 1160. The zero-order valence-electron chi connectivity index (χ0n) is 21.0. The molecule has 10 heteroatoms. The summed E-state index contributed by atoms with van der Waals surface area (Å²) in [6.45, 7) is 4.83. The van der Waals surface area contributed by atoms with Gasteiger partial charge >= 0.3 is 24.1 Å². The number of carboxylic acids is 1. The smallest absolute Gasteiger partial charge is 0.410 e. The number of urea groups is 1. The summed E-state index contributed by atoms with van der Waals surface area (Å²) >= 11 is 0. The third-order valence-electron chi connectivity index (χ3n) is 6.31. The van der Waals surface area contributed by atoms with Crippen LogP contribution in [-0.2, 0) is 19.1 Å². The zero-order valence-corrected chi connectivity index (χ0v) is 21.0. The molecule has 0 spiro atoms. The molecule has 0 bridgehead atoms. The molecule has 1 heterocycles. The van der Waals surface area contributed by atoms with Crippen molar-refractivity contribution in [2.45, 2.75) is 50.8 Å². The third-order valence-corrected chi connectivity index (χ3v) is 6.31. The number of likely N-dealkylation sites (tertiary alicyclic amines) is 1. The molecule has 0 radical (unpaired) electrons. The van der Waals surface area contributed by atoms with E-state index in [9.17, 15) is 24.3 Å². The summed E-state index contributed by atoms with van der Waals surface area (Å²) in [5.74, 6) is -1.94. The van der Waals surface area contributed by atoms with E-state index >= 15 is 0 Å². The van der Waals surface area contributed by atoms with Gasteiger partial charge in [-0.1, -0.05) is 48.5 Å². The van der Waals surface area contributed by atoms with Crippen LogP contribution < -0.4 is 10.6 Å². The fourth-order valence-electron chi connectivity index (χ4n) is 4.82. The van der Waals surface area contributed by atoms with E-state index in [1.807, 2.05) is 48.5 Å². The molecular formula is C27H31N3O7. The van der Waals surface area contributed by atoms with Gasteiger partial charge in [0.15, 0.2) is 0 Å². The van der Waals surface area contributed by atoms with Gasteiger partial charge in [-0.25, -0.2) is 14.4 Å². The number of fused-ring (bicyclic) bond motifs is 3. The van der Waals surface area contributed by atoms with Gasteiger partial charge in [0.1, 0.15) is 24.8 Å². The minimum atomic E-state index is -1.19. The maximum Gasteiger partial charge on any atom is 0.410 e. The number of hydrogen-bond acceptors (Lipinski definition) is 6. The van der Waals surface area contributed by atoms with Crippen molar-refractivity contribution in [1.82, 2.24) is 15.5 Å². The van der Waals surface area contributed by atoms with Crippen LogP contribution in [0.5, 0.6) is 0 Å². The molecule has 3 amide bonds. The number of ether oxygens (including phenoxy) is 2. The number of nitrogens with zero attached hydrogens (tertiary/aromatic N) is 1. The number of nitrogens with one attached hydrogen (secondary N) is 2. The number of amides is 3. The van der Waals surface area contributed by atoms with E-state index < -0.39 is 41.7 Å². The summed E-state index contributed by atoms with van der Waals surface area (Å²) in [6.07, 6.45) is -0.743. The predicted octanol–water partition coefficient (Wildman–Crippen LogP) is 3.10. The predicted molar refractivity (Wildman–Crippen MR) is 134 cm³/mol. The first-order valence-electron chi connectivity index (χ1n) is 12.1. The zero-order chi connectivity index (χ0) is 26.7. The van der Waals surface area contributed by atoms with Crippen LogP contribution in [-0.4, -0.2) is 71.5 Å². The Morgan fingerprint density at radius 2 is 1.59 bits per heavy atom. The van der Waals surface area contributed by atoms with Gasteiger partial charge in [0.25, 0.3) is 0 Å². The normalized spacial score (nSPS) is 18.5. The lowest BCUT2D eigenvalue weighted by atomic mass is 9.98. The average Bonchev–Trinajstić information content (AvgIpc) is 3.40. The Kier molecular flexibility index (Phi) is 7.37. The molecule has 2 aromatic rings. The summed E-state index contributed by atoms with van der Waals surface area (Å²) in [6, 6.07) is 13.4. The SMILES string of the molecule is CC(C)(C)OC(=O)CNC(=O)N[C@@H]1C[C@@H](C(=O)O)N(C(=O)OCC2c3ccccc3-c3ccccc32)C1. The van der Waals surface area contributed by atoms with Gasteiger partial charge in [-0.05, 0) is 43.0 Å². The maximum absolute atomic E-state index is 13.0. The Labute approximate surface area is 214 Å². The summed E-state index contributed by atoms with van der Waals surface area (Å²) in [7, 11) is 0. The molecule has 1 saturated heterocycles. The number of carbonyl (C=O) groups is 4. The lowest BCUT2D eigenvalue weighted by Gasteiger charge is -2.22. The largest absolute Gasteiger partial charge is 0.480 e. The van der Waals surface area contributed by atoms with E-state index in [4.69, 9.17) is 9.47 Å². The van der Waals surface area contributed by atoms with Crippen molar-refractivity contribution in [1.29, 1.82) is 0 Å². The van der Waals surface area contributed by atoms with Gasteiger partial charge in [-0.15, -0.1) is 0 Å². The number of rotatable bonds is 6. The van der Waals surface area contributed by atoms with Crippen LogP contribution in [0.4, 0.5) is 9.59 Å². The van der Waals surface area contributed by atoms with Crippen molar-refractivity contribution in [3.8, 4) is 11.1 Å². The van der Waals surface area contributed by atoms with E-state index in [0.717, 1.165) is 27.2 Å². The maximum atomic E-state index is 13.0.